The van der Waals surface area contributed by atoms with E-state index in [1.54, 1.807) is 48.5 Å². The van der Waals surface area contributed by atoms with Gasteiger partial charge in [-0.15, -0.1) is 0 Å². The van der Waals surface area contributed by atoms with Gasteiger partial charge in [-0.05, 0) is 71.8 Å². The van der Waals surface area contributed by atoms with Crippen LogP contribution in [0.2, 0.25) is 0 Å². The van der Waals surface area contributed by atoms with Gasteiger partial charge in [-0.3, -0.25) is 39.5 Å². The fourth-order valence-corrected chi connectivity index (χ4v) is 6.13. The summed E-state index contributed by atoms with van der Waals surface area (Å²) < 4.78 is 66.8. The molecule has 1 radical (unpaired) electrons. The third-order valence-corrected chi connectivity index (χ3v) is 8.82. The largest absolute Gasteiger partial charge is 0.295 e. The summed E-state index contributed by atoms with van der Waals surface area (Å²) in [7, 11) is -9.28. The smallest absolute Gasteiger partial charge is 0.285 e. The minimum Gasteiger partial charge on any atom is -0.285 e. The molecule has 0 bridgehead atoms. The molecule has 49 heavy (non-hydrogen) atoms. The Balaban J connectivity index is 0.00000468. The number of nitrogens with one attached hydrogen (secondary N) is 2. The summed E-state index contributed by atoms with van der Waals surface area (Å²) in [4.78, 5) is 32.5. The molecule has 0 amide bonds. The molecule has 14 nitrogen and oxygen atoms in total. The maximum absolute atomic E-state index is 12.8. The van der Waals surface area contributed by atoms with Crippen molar-refractivity contribution in [3.05, 3.63) is 131 Å². The normalized spacial score (nSPS) is 16.0. The van der Waals surface area contributed by atoms with E-state index in [1.165, 1.54) is 36.7 Å². The van der Waals surface area contributed by atoms with Crippen LogP contribution in [0.4, 0.5) is 11.4 Å². The van der Waals surface area contributed by atoms with Gasteiger partial charge < -0.3 is 0 Å². The Morgan fingerprint density at radius 1 is 0.592 bits per heavy atom. The molecule has 0 fully saturated rings. The first-order valence-electron chi connectivity index (χ1n) is 13.8. The number of hydrogen-bond acceptors (Lipinski definition) is 12. The summed E-state index contributed by atoms with van der Waals surface area (Å²) in [5, 5.41) is 8.06. The van der Waals surface area contributed by atoms with Crippen LogP contribution in [0.25, 0.3) is 22.0 Å². The number of carbonyl (C=O) groups is 2. The van der Waals surface area contributed by atoms with Gasteiger partial charge in [0.25, 0.3) is 20.2 Å². The number of Topliss-reactive ketones (excluding diaryl/α,β-unsaturated/α-hetero) is 2. The van der Waals surface area contributed by atoms with Gasteiger partial charge in [0.2, 0.25) is 11.6 Å². The molecule has 4 aromatic rings. The van der Waals surface area contributed by atoms with Gasteiger partial charge in [-0.1, -0.05) is 36.4 Å². The Kier molecular flexibility index (Phi) is 10.3. The molecule has 0 saturated heterocycles. The topological polar surface area (TPSA) is 217 Å². The van der Waals surface area contributed by atoms with Crippen molar-refractivity contribution in [2.75, 3.05) is 10.9 Å². The SMILES string of the molecule is O=C1C(=NNc2ccc(C=Cc3ccc(NN=C4C=C(S(=O)(=O)O)c5cccnc5C4=O)cc3)cc2)C=C(S(=O)(=O)O)c2cccnc21.[Na]. The first kappa shape index (κ1) is 35.4. The molecule has 0 aliphatic heterocycles. The van der Waals surface area contributed by atoms with E-state index in [2.05, 4.69) is 31.0 Å². The Bertz CT molecular complexity index is 2200. The summed E-state index contributed by atoms with van der Waals surface area (Å²) in [6.45, 7) is 0. The monoisotopic (exact) mass is 705 g/mol. The van der Waals surface area contributed by atoms with Crippen molar-refractivity contribution in [2.24, 2.45) is 10.2 Å². The molecule has 0 spiro atoms. The molecular weight excluding hydrogens is 684 g/mol. The second-order valence-electron chi connectivity index (χ2n) is 10.2. The Hall–Kier alpha value is -4.94. The zero-order chi connectivity index (χ0) is 34.1. The molecule has 2 aromatic carbocycles. The van der Waals surface area contributed by atoms with Crippen LogP contribution < -0.4 is 10.9 Å². The zero-order valence-corrected chi connectivity index (χ0v) is 29.0. The van der Waals surface area contributed by atoms with Crippen molar-refractivity contribution in [1.29, 1.82) is 0 Å². The Labute approximate surface area is 301 Å². The molecule has 17 heteroatoms. The van der Waals surface area contributed by atoms with E-state index >= 15 is 0 Å². The third kappa shape index (κ3) is 7.87. The second-order valence-corrected chi connectivity index (χ2v) is 13.0. The molecule has 6 rings (SSSR count). The van der Waals surface area contributed by atoms with Gasteiger partial charge >= 0.3 is 0 Å². The Morgan fingerprint density at radius 3 is 1.31 bits per heavy atom. The maximum Gasteiger partial charge on any atom is 0.295 e. The molecule has 2 heterocycles. The van der Waals surface area contributed by atoms with Crippen LogP contribution in [-0.2, 0) is 20.2 Å². The number of aromatic nitrogens is 2. The average Bonchev–Trinajstić information content (AvgIpc) is 3.07. The van der Waals surface area contributed by atoms with Crippen LogP contribution in [0.5, 0.6) is 0 Å². The van der Waals surface area contributed by atoms with Crippen LogP contribution in [-0.4, -0.2) is 88.5 Å². The number of rotatable bonds is 8. The van der Waals surface area contributed by atoms with Crippen LogP contribution in [0.1, 0.15) is 43.2 Å². The first-order valence-corrected chi connectivity index (χ1v) is 16.7. The number of ketones is 2. The molecule has 0 saturated carbocycles. The summed E-state index contributed by atoms with van der Waals surface area (Å²) in [5.74, 6) is -1.21. The third-order valence-electron chi connectivity index (χ3n) is 7.03. The van der Waals surface area contributed by atoms with Crippen molar-refractivity contribution >= 4 is 106 Å². The van der Waals surface area contributed by atoms with Gasteiger partial charge in [0.1, 0.15) is 32.6 Å². The van der Waals surface area contributed by atoms with E-state index in [1.807, 2.05) is 12.2 Å². The summed E-state index contributed by atoms with van der Waals surface area (Å²) >= 11 is 0. The van der Waals surface area contributed by atoms with Gasteiger partial charge in [0.15, 0.2) is 0 Å². The minimum atomic E-state index is -4.64. The number of benzene rings is 2. The van der Waals surface area contributed by atoms with Crippen molar-refractivity contribution < 1.29 is 35.5 Å². The van der Waals surface area contributed by atoms with E-state index in [0.717, 1.165) is 23.3 Å². The number of hydrazone groups is 2. The van der Waals surface area contributed by atoms with Gasteiger partial charge in [-0.25, -0.2) is 0 Å². The van der Waals surface area contributed by atoms with Crippen LogP contribution in [0.3, 0.4) is 0 Å². The quantitative estimate of drug-likeness (QED) is 0.0884. The van der Waals surface area contributed by atoms with Crippen LogP contribution in [0.15, 0.2) is 108 Å². The average molecular weight is 706 g/mol. The number of carbonyl (C=O) groups excluding carboxylic acids is 2. The summed E-state index contributed by atoms with van der Waals surface area (Å²) in [6, 6.07) is 19.6. The van der Waals surface area contributed by atoms with E-state index in [4.69, 9.17) is 0 Å². The fraction of sp³-hybridized carbons (Fsp3) is 0. The molecule has 2 aliphatic carbocycles. The van der Waals surface area contributed by atoms with E-state index in [0.29, 0.717) is 11.4 Å². The number of fused-ring (bicyclic) bond motifs is 2. The van der Waals surface area contributed by atoms with Gasteiger partial charge in [0.05, 0.1) is 11.4 Å². The van der Waals surface area contributed by atoms with E-state index in [-0.39, 0.29) is 63.5 Å². The van der Waals surface area contributed by atoms with E-state index < -0.39 is 41.6 Å². The predicted molar refractivity (Wildman–Crippen MR) is 186 cm³/mol. The van der Waals surface area contributed by atoms with Crippen molar-refractivity contribution in [1.82, 2.24) is 9.97 Å². The Morgan fingerprint density at radius 2 is 0.959 bits per heavy atom. The number of hydrogen-bond donors (Lipinski definition) is 4. The maximum atomic E-state index is 12.8. The number of nitrogens with zero attached hydrogens (tertiary/aromatic N) is 4. The second kappa shape index (κ2) is 14.3. The first-order chi connectivity index (χ1) is 22.9. The van der Waals surface area contributed by atoms with Crippen molar-refractivity contribution in [3.63, 3.8) is 0 Å². The van der Waals surface area contributed by atoms with Crippen molar-refractivity contribution in [2.45, 2.75) is 0 Å². The van der Waals surface area contributed by atoms with Gasteiger partial charge in [-0.2, -0.15) is 27.0 Å². The molecule has 4 N–H and O–H groups in total. The fourth-order valence-electron chi connectivity index (χ4n) is 4.72. The number of pyridine rings is 2. The molecular formula is C32H22N6NaO8S2. The molecule has 241 valence electrons. The zero-order valence-electron chi connectivity index (χ0n) is 25.3. The van der Waals surface area contributed by atoms with Crippen molar-refractivity contribution in [3.8, 4) is 0 Å². The molecule has 0 unspecified atom stereocenters. The predicted octanol–water partition coefficient (Wildman–Crippen LogP) is 4.05. The summed E-state index contributed by atoms with van der Waals surface area (Å²) in [6.07, 6.45) is 8.35. The minimum absolute atomic E-state index is 0. The molecule has 0 atom stereocenters. The van der Waals surface area contributed by atoms with E-state index in [9.17, 15) is 35.5 Å². The summed E-state index contributed by atoms with van der Waals surface area (Å²) in [5.41, 5.74) is 7.33. The van der Waals surface area contributed by atoms with Crippen LogP contribution >= 0.6 is 0 Å². The number of anilines is 2. The standard InChI is InChI=1S/C32H22N6O8S2.Na/c39-31-25(17-27(47(41,42)43)23-3-1-15-33-29(23)31)37-35-21-11-7-19(8-12-21)5-6-20-9-13-22(14-10-20)36-38-26-18-28(48(44,45)46)24-4-2-16-34-30(24)32(26)40;/h1-18,35-36H,(H,41,42,43)(H,44,45,46);. The van der Waals surface area contributed by atoms with Gasteiger partial charge in [0, 0.05) is 53.1 Å². The van der Waals surface area contributed by atoms with Crippen LogP contribution in [0, 0.1) is 0 Å². The molecule has 2 aromatic heterocycles. The number of allylic oxidation sites excluding steroid dienone is 2. The molecule has 2 aliphatic rings.